The van der Waals surface area contributed by atoms with Crippen molar-refractivity contribution in [3.8, 4) is 11.1 Å². The molecule has 1 unspecified atom stereocenters. The Balaban J connectivity index is 1.68. The lowest BCUT2D eigenvalue weighted by molar-refractivity contribution is 0.0295. The van der Waals surface area contributed by atoms with E-state index in [1.165, 1.54) is 11.0 Å². The highest BCUT2D eigenvalue weighted by Gasteiger charge is 2.37. The molecule has 178 valence electrons. The summed E-state index contributed by atoms with van der Waals surface area (Å²) in [6.45, 7) is 6.39. The Kier molecular flexibility index (Phi) is 7.23. The average Bonchev–Trinajstić information content (AvgIpc) is 3.25. The molecule has 1 saturated heterocycles. The minimum absolute atomic E-state index is 0.0323. The van der Waals surface area contributed by atoms with Crippen LogP contribution in [0, 0.1) is 12.7 Å². The van der Waals surface area contributed by atoms with Crippen LogP contribution in [0.15, 0.2) is 42.5 Å². The van der Waals surface area contributed by atoms with E-state index in [9.17, 15) is 22.4 Å². The number of benzene rings is 2. The van der Waals surface area contributed by atoms with Gasteiger partial charge in [-0.1, -0.05) is 30.3 Å². The molecular formula is C24H29FN2O5S. The fraction of sp³-hybridized carbons (Fsp3) is 0.417. The third kappa shape index (κ3) is 6.17. The van der Waals surface area contributed by atoms with E-state index >= 15 is 0 Å². The summed E-state index contributed by atoms with van der Waals surface area (Å²) in [6.07, 6.45) is -0.355. The number of carbonyl (C=O) groups is 2. The summed E-state index contributed by atoms with van der Waals surface area (Å²) in [4.78, 5) is 26.3. The van der Waals surface area contributed by atoms with E-state index in [-0.39, 0.29) is 25.1 Å². The lowest BCUT2D eigenvalue weighted by atomic mass is 9.98. The molecule has 1 fully saturated rings. The second-order valence-corrected chi connectivity index (χ2v) is 11.2. The summed E-state index contributed by atoms with van der Waals surface area (Å²) in [6, 6.07) is 12.3. The van der Waals surface area contributed by atoms with Crippen molar-refractivity contribution in [1.29, 1.82) is 0 Å². The molecule has 0 aliphatic carbocycles. The first-order valence-electron chi connectivity index (χ1n) is 10.7. The fourth-order valence-corrected chi connectivity index (χ4v) is 4.98. The number of rotatable bonds is 6. The molecule has 1 N–H and O–H groups in total. The number of aryl methyl sites for hydroxylation is 1. The topological polar surface area (TPSA) is 92.8 Å². The van der Waals surface area contributed by atoms with Gasteiger partial charge in [-0.3, -0.25) is 4.79 Å². The monoisotopic (exact) mass is 476 g/mol. The van der Waals surface area contributed by atoms with Crippen molar-refractivity contribution >= 4 is 21.9 Å². The number of ether oxygens (including phenoxy) is 1. The van der Waals surface area contributed by atoms with Gasteiger partial charge in [-0.2, -0.15) is 0 Å². The van der Waals surface area contributed by atoms with Crippen molar-refractivity contribution in [3.05, 3.63) is 59.4 Å². The minimum Gasteiger partial charge on any atom is -0.444 e. The van der Waals surface area contributed by atoms with Crippen LogP contribution in [-0.4, -0.2) is 55.7 Å². The number of hydrogen-bond donors (Lipinski definition) is 1. The van der Waals surface area contributed by atoms with E-state index in [4.69, 9.17) is 4.74 Å². The second kappa shape index (κ2) is 9.61. The molecule has 7 nitrogen and oxygen atoms in total. The van der Waals surface area contributed by atoms with Crippen LogP contribution in [0.1, 0.15) is 43.1 Å². The first-order chi connectivity index (χ1) is 15.4. The first kappa shape index (κ1) is 24.9. The van der Waals surface area contributed by atoms with Gasteiger partial charge in [0.15, 0.2) is 5.78 Å². The van der Waals surface area contributed by atoms with Gasteiger partial charge in [0.2, 0.25) is 10.0 Å². The second-order valence-electron chi connectivity index (χ2n) is 9.15. The van der Waals surface area contributed by atoms with Crippen molar-refractivity contribution < 1.29 is 27.1 Å². The number of likely N-dealkylation sites (tertiary alicyclic amines) is 1. The number of ketones is 1. The molecule has 0 bridgehead atoms. The molecule has 0 spiro atoms. The van der Waals surface area contributed by atoms with Crippen LogP contribution in [0.25, 0.3) is 11.1 Å². The van der Waals surface area contributed by atoms with E-state index < -0.39 is 45.1 Å². The lowest BCUT2D eigenvalue weighted by Crippen LogP contribution is -2.41. The van der Waals surface area contributed by atoms with Gasteiger partial charge in [-0.05, 0) is 62.9 Å². The molecule has 1 amide bonds. The van der Waals surface area contributed by atoms with Crippen LogP contribution in [0.5, 0.6) is 0 Å². The summed E-state index contributed by atoms with van der Waals surface area (Å²) in [5, 5.41) is -0.875. The highest BCUT2D eigenvalue weighted by molar-refractivity contribution is 7.90. The molecule has 9 heteroatoms. The Labute approximate surface area is 194 Å². The standard InChI is InChI=1S/C24H29FN2O5S/c1-16-12-18(17-8-6-5-7-9-17)13-20(22(16)25)21(28)14-26-33(30,31)19-10-11-27(15-19)23(29)32-24(2,3)4/h5-9,12-13,19,26H,10-11,14-15H2,1-4H3. The Morgan fingerprint density at radius 1 is 1.15 bits per heavy atom. The zero-order valence-electron chi connectivity index (χ0n) is 19.2. The van der Waals surface area contributed by atoms with E-state index in [2.05, 4.69) is 4.72 Å². The van der Waals surface area contributed by atoms with E-state index in [0.717, 1.165) is 5.56 Å². The fourth-order valence-electron chi connectivity index (χ4n) is 3.62. The molecule has 1 aliphatic rings. The summed E-state index contributed by atoms with van der Waals surface area (Å²) in [5.74, 6) is -1.34. The third-order valence-electron chi connectivity index (χ3n) is 5.33. The maximum Gasteiger partial charge on any atom is 0.410 e. The normalized spacial score (nSPS) is 16.6. The Morgan fingerprint density at radius 2 is 1.82 bits per heavy atom. The van der Waals surface area contributed by atoms with E-state index in [1.54, 1.807) is 33.8 Å². The molecule has 0 aromatic heterocycles. The minimum atomic E-state index is -3.90. The molecule has 2 aromatic carbocycles. The van der Waals surface area contributed by atoms with Gasteiger partial charge in [0.05, 0.1) is 17.4 Å². The van der Waals surface area contributed by atoms with Crippen molar-refractivity contribution in [2.45, 2.75) is 45.0 Å². The molecule has 3 rings (SSSR count). The van der Waals surface area contributed by atoms with E-state index in [0.29, 0.717) is 11.1 Å². The molecule has 0 radical (unpaired) electrons. The molecule has 2 aromatic rings. The Morgan fingerprint density at radius 3 is 2.45 bits per heavy atom. The van der Waals surface area contributed by atoms with Crippen LogP contribution in [0.3, 0.4) is 0 Å². The number of nitrogens with one attached hydrogen (secondary N) is 1. The average molecular weight is 477 g/mol. The van der Waals surface area contributed by atoms with Crippen molar-refractivity contribution in [2.75, 3.05) is 19.6 Å². The largest absolute Gasteiger partial charge is 0.444 e. The number of Topliss-reactive ketones (excluding diaryl/α,β-unsaturated/α-hetero) is 1. The van der Waals surface area contributed by atoms with Crippen molar-refractivity contribution in [3.63, 3.8) is 0 Å². The smallest absolute Gasteiger partial charge is 0.410 e. The Bertz CT molecular complexity index is 1140. The highest BCUT2D eigenvalue weighted by atomic mass is 32.2. The van der Waals surface area contributed by atoms with Crippen LogP contribution in [0.4, 0.5) is 9.18 Å². The highest BCUT2D eigenvalue weighted by Crippen LogP contribution is 2.25. The van der Waals surface area contributed by atoms with Gasteiger partial charge < -0.3 is 9.64 Å². The zero-order valence-corrected chi connectivity index (χ0v) is 20.0. The predicted molar refractivity (Wildman–Crippen MR) is 124 cm³/mol. The van der Waals surface area contributed by atoms with Crippen molar-refractivity contribution in [1.82, 2.24) is 9.62 Å². The van der Waals surface area contributed by atoms with Gasteiger partial charge in [0.25, 0.3) is 0 Å². The van der Waals surface area contributed by atoms with Gasteiger partial charge in [-0.15, -0.1) is 0 Å². The summed E-state index contributed by atoms with van der Waals surface area (Å²) >= 11 is 0. The van der Waals surface area contributed by atoms with Crippen LogP contribution < -0.4 is 4.72 Å². The number of sulfonamides is 1. The van der Waals surface area contributed by atoms with Gasteiger partial charge in [0.1, 0.15) is 11.4 Å². The quantitative estimate of drug-likeness (QED) is 0.638. The summed E-state index contributed by atoms with van der Waals surface area (Å²) in [7, 11) is -3.90. The van der Waals surface area contributed by atoms with E-state index in [1.807, 2.05) is 30.3 Å². The summed E-state index contributed by atoms with van der Waals surface area (Å²) < 4.78 is 47.7. The lowest BCUT2D eigenvalue weighted by Gasteiger charge is -2.24. The van der Waals surface area contributed by atoms with Gasteiger partial charge >= 0.3 is 6.09 Å². The first-order valence-corrected chi connectivity index (χ1v) is 12.3. The van der Waals surface area contributed by atoms with Crippen molar-refractivity contribution in [2.24, 2.45) is 0 Å². The summed E-state index contributed by atoms with van der Waals surface area (Å²) in [5.41, 5.74) is 0.937. The van der Waals surface area contributed by atoms with Crippen LogP contribution >= 0.6 is 0 Å². The number of nitrogens with zero attached hydrogens (tertiary/aromatic N) is 1. The molecule has 0 saturated carbocycles. The zero-order chi connectivity index (χ0) is 24.4. The molecule has 1 aliphatic heterocycles. The SMILES string of the molecule is Cc1cc(-c2ccccc2)cc(C(=O)CNS(=O)(=O)C2CCN(C(=O)OC(C)(C)C)C2)c1F. The number of halogens is 1. The molecule has 33 heavy (non-hydrogen) atoms. The van der Waals surface area contributed by atoms with Crippen LogP contribution in [-0.2, 0) is 14.8 Å². The number of carbonyl (C=O) groups excluding carboxylic acids is 2. The maximum atomic E-state index is 14.7. The maximum absolute atomic E-state index is 14.7. The molecular weight excluding hydrogens is 447 g/mol. The van der Waals surface area contributed by atoms with Crippen LogP contribution in [0.2, 0.25) is 0 Å². The van der Waals surface area contributed by atoms with Gasteiger partial charge in [0, 0.05) is 13.1 Å². The number of hydrogen-bond acceptors (Lipinski definition) is 5. The molecule has 1 heterocycles. The van der Waals surface area contributed by atoms with Gasteiger partial charge in [-0.25, -0.2) is 22.3 Å². The Hall–Kier alpha value is -2.78. The predicted octanol–water partition coefficient (Wildman–Crippen LogP) is 3.91. The third-order valence-corrected chi connectivity index (χ3v) is 7.14. The number of amides is 1. The molecule has 1 atom stereocenters.